The molecule has 3 aromatic rings. The van der Waals surface area contributed by atoms with Crippen LogP contribution in [0.25, 0.3) is 0 Å². The maximum absolute atomic E-state index is 12.8. The van der Waals surface area contributed by atoms with Gasteiger partial charge in [0.1, 0.15) is 5.69 Å². The summed E-state index contributed by atoms with van der Waals surface area (Å²) in [5.74, 6) is -0.216. The number of hydrogen-bond acceptors (Lipinski definition) is 5. The highest BCUT2D eigenvalue weighted by molar-refractivity contribution is 6.30. The fourth-order valence-corrected chi connectivity index (χ4v) is 2.46. The molecule has 0 amide bonds. The fourth-order valence-electron chi connectivity index (χ4n) is 2.33. The standard InChI is InChI=1S/C18H12ClN3O3/c19-13-7-5-12(6-8-13)18(23)14-3-1-2-4-15(14)21-16-11-20-10-9-17(16)22(24)25/h1-11,21H. The van der Waals surface area contributed by atoms with Crippen molar-refractivity contribution in [3.05, 3.63) is 93.3 Å². The van der Waals surface area contributed by atoms with Crippen LogP contribution in [0.15, 0.2) is 67.0 Å². The molecule has 0 radical (unpaired) electrons. The molecule has 2 aromatic carbocycles. The van der Waals surface area contributed by atoms with Gasteiger partial charge in [-0.05, 0) is 36.4 Å². The Hall–Kier alpha value is -3.25. The lowest BCUT2D eigenvalue weighted by Gasteiger charge is -2.11. The number of carbonyl (C=O) groups excluding carboxylic acids is 1. The summed E-state index contributed by atoms with van der Waals surface area (Å²) < 4.78 is 0. The molecule has 1 N–H and O–H groups in total. The van der Waals surface area contributed by atoms with Crippen molar-refractivity contribution in [1.82, 2.24) is 4.98 Å². The van der Waals surface area contributed by atoms with Crippen molar-refractivity contribution in [3.63, 3.8) is 0 Å². The van der Waals surface area contributed by atoms with E-state index in [0.717, 1.165) is 0 Å². The molecule has 0 unspecified atom stereocenters. The number of nitrogens with zero attached hydrogens (tertiary/aromatic N) is 2. The van der Waals surface area contributed by atoms with Gasteiger partial charge in [-0.15, -0.1) is 0 Å². The zero-order valence-corrected chi connectivity index (χ0v) is 13.6. The van der Waals surface area contributed by atoms with Crippen molar-refractivity contribution in [2.75, 3.05) is 5.32 Å². The molecule has 7 heteroatoms. The molecule has 0 aliphatic heterocycles. The van der Waals surface area contributed by atoms with Crippen LogP contribution in [0.4, 0.5) is 17.1 Å². The number of nitro groups is 1. The van der Waals surface area contributed by atoms with E-state index in [1.54, 1.807) is 48.5 Å². The Morgan fingerprint density at radius 3 is 2.48 bits per heavy atom. The number of aromatic nitrogens is 1. The summed E-state index contributed by atoms with van der Waals surface area (Å²) in [6, 6.07) is 14.6. The molecule has 0 aliphatic carbocycles. The van der Waals surface area contributed by atoms with Gasteiger partial charge in [0.25, 0.3) is 5.69 Å². The van der Waals surface area contributed by atoms with Crippen molar-refractivity contribution < 1.29 is 9.72 Å². The lowest BCUT2D eigenvalue weighted by atomic mass is 10.0. The first kappa shape index (κ1) is 16.6. The Kier molecular flexibility index (Phi) is 4.72. The maximum Gasteiger partial charge on any atom is 0.295 e. The minimum atomic E-state index is -0.506. The number of nitrogens with one attached hydrogen (secondary N) is 1. The number of rotatable bonds is 5. The first-order valence-corrected chi connectivity index (χ1v) is 7.69. The summed E-state index contributed by atoms with van der Waals surface area (Å²) in [7, 11) is 0. The minimum Gasteiger partial charge on any atom is -0.348 e. The van der Waals surface area contributed by atoms with Crippen molar-refractivity contribution in [2.24, 2.45) is 0 Å². The molecule has 1 aromatic heterocycles. The maximum atomic E-state index is 12.8. The zero-order valence-electron chi connectivity index (χ0n) is 12.8. The van der Waals surface area contributed by atoms with E-state index in [2.05, 4.69) is 10.3 Å². The summed E-state index contributed by atoms with van der Waals surface area (Å²) >= 11 is 5.85. The highest BCUT2D eigenvalue weighted by atomic mass is 35.5. The lowest BCUT2D eigenvalue weighted by molar-refractivity contribution is -0.384. The highest BCUT2D eigenvalue weighted by Gasteiger charge is 2.17. The van der Waals surface area contributed by atoms with Crippen LogP contribution in [0.2, 0.25) is 5.02 Å². The van der Waals surface area contributed by atoms with Gasteiger partial charge in [0, 0.05) is 34.1 Å². The first-order chi connectivity index (χ1) is 12.1. The Labute approximate surface area is 148 Å². The van der Waals surface area contributed by atoms with Crippen LogP contribution in [-0.4, -0.2) is 15.7 Å². The Balaban J connectivity index is 1.98. The molecule has 1 heterocycles. The quantitative estimate of drug-likeness (QED) is 0.411. The van der Waals surface area contributed by atoms with Crippen LogP contribution in [0.1, 0.15) is 15.9 Å². The molecular formula is C18H12ClN3O3. The van der Waals surface area contributed by atoms with Gasteiger partial charge in [-0.2, -0.15) is 0 Å². The van der Waals surface area contributed by atoms with Gasteiger partial charge < -0.3 is 5.32 Å². The van der Waals surface area contributed by atoms with Gasteiger partial charge in [0.2, 0.25) is 0 Å². The molecule has 6 nitrogen and oxygen atoms in total. The molecule has 124 valence electrons. The van der Waals surface area contributed by atoms with Crippen LogP contribution in [0.3, 0.4) is 0 Å². The number of benzene rings is 2. The number of halogens is 1. The van der Waals surface area contributed by atoms with Crippen molar-refractivity contribution in [1.29, 1.82) is 0 Å². The molecule has 3 rings (SSSR count). The van der Waals surface area contributed by atoms with Crippen LogP contribution in [-0.2, 0) is 0 Å². The topological polar surface area (TPSA) is 85.1 Å². The van der Waals surface area contributed by atoms with Crippen molar-refractivity contribution in [2.45, 2.75) is 0 Å². The van der Waals surface area contributed by atoms with Crippen LogP contribution in [0.5, 0.6) is 0 Å². The van der Waals surface area contributed by atoms with E-state index in [4.69, 9.17) is 11.6 Å². The molecule has 0 bridgehead atoms. The Bertz CT molecular complexity index is 942. The SMILES string of the molecule is O=C(c1ccc(Cl)cc1)c1ccccc1Nc1cnccc1[N+](=O)[O-]. The predicted octanol–water partition coefficient (Wildman–Crippen LogP) is 4.62. The van der Waals surface area contributed by atoms with E-state index in [0.29, 0.717) is 21.8 Å². The molecule has 25 heavy (non-hydrogen) atoms. The second kappa shape index (κ2) is 7.11. The van der Waals surface area contributed by atoms with Gasteiger partial charge in [-0.3, -0.25) is 19.9 Å². The molecule has 0 saturated carbocycles. The van der Waals surface area contributed by atoms with Gasteiger partial charge in [-0.25, -0.2) is 0 Å². The lowest BCUT2D eigenvalue weighted by Crippen LogP contribution is -2.06. The van der Waals surface area contributed by atoms with E-state index in [-0.39, 0.29) is 17.2 Å². The van der Waals surface area contributed by atoms with Crippen LogP contribution >= 0.6 is 11.6 Å². The molecule has 0 atom stereocenters. The van der Waals surface area contributed by atoms with E-state index in [1.807, 2.05) is 0 Å². The number of ketones is 1. The molecule has 0 aliphatic rings. The van der Waals surface area contributed by atoms with Gasteiger partial charge in [-0.1, -0.05) is 23.7 Å². The van der Waals surface area contributed by atoms with Gasteiger partial charge in [0.15, 0.2) is 5.78 Å². The minimum absolute atomic E-state index is 0.122. The Morgan fingerprint density at radius 2 is 1.76 bits per heavy atom. The Morgan fingerprint density at radius 1 is 1.04 bits per heavy atom. The number of para-hydroxylation sites is 1. The molecule has 0 spiro atoms. The summed E-state index contributed by atoms with van der Waals surface area (Å²) in [5, 5.41) is 14.6. The first-order valence-electron chi connectivity index (χ1n) is 7.31. The normalized spacial score (nSPS) is 10.3. The number of anilines is 2. The van der Waals surface area contributed by atoms with E-state index in [9.17, 15) is 14.9 Å². The van der Waals surface area contributed by atoms with Crippen LogP contribution in [0, 0.1) is 10.1 Å². The third-order valence-corrected chi connectivity index (χ3v) is 3.79. The second-order valence-corrected chi connectivity index (χ2v) is 5.59. The zero-order chi connectivity index (χ0) is 17.8. The molecular weight excluding hydrogens is 342 g/mol. The van der Waals surface area contributed by atoms with Crippen molar-refractivity contribution >= 4 is 34.4 Å². The number of carbonyl (C=O) groups is 1. The molecule has 0 saturated heterocycles. The third-order valence-electron chi connectivity index (χ3n) is 3.54. The largest absolute Gasteiger partial charge is 0.348 e. The van der Waals surface area contributed by atoms with Crippen molar-refractivity contribution in [3.8, 4) is 0 Å². The average molecular weight is 354 g/mol. The summed E-state index contributed by atoms with van der Waals surface area (Å²) in [4.78, 5) is 27.3. The van der Waals surface area contributed by atoms with E-state index in [1.165, 1.54) is 18.5 Å². The van der Waals surface area contributed by atoms with Gasteiger partial charge in [0.05, 0.1) is 11.1 Å². The van der Waals surface area contributed by atoms with E-state index < -0.39 is 4.92 Å². The van der Waals surface area contributed by atoms with Crippen LogP contribution < -0.4 is 5.32 Å². The average Bonchev–Trinajstić information content (AvgIpc) is 2.62. The van der Waals surface area contributed by atoms with E-state index >= 15 is 0 Å². The summed E-state index contributed by atoms with van der Waals surface area (Å²) in [5.41, 5.74) is 1.41. The predicted molar refractivity (Wildman–Crippen MR) is 95.5 cm³/mol. The summed E-state index contributed by atoms with van der Waals surface area (Å²) in [6.45, 7) is 0. The highest BCUT2D eigenvalue weighted by Crippen LogP contribution is 2.29. The number of hydrogen-bond donors (Lipinski definition) is 1. The number of pyridine rings is 1. The van der Waals surface area contributed by atoms with Gasteiger partial charge >= 0.3 is 0 Å². The second-order valence-electron chi connectivity index (χ2n) is 5.16. The molecule has 0 fully saturated rings. The smallest absolute Gasteiger partial charge is 0.295 e. The fraction of sp³-hybridized carbons (Fsp3) is 0. The summed E-state index contributed by atoms with van der Waals surface area (Å²) in [6.07, 6.45) is 2.69. The third kappa shape index (κ3) is 3.64. The monoisotopic (exact) mass is 353 g/mol.